The third-order valence-electron chi connectivity index (χ3n) is 4.05. The molecule has 0 N–H and O–H groups in total. The van der Waals surface area contributed by atoms with E-state index in [4.69, 9.17) is 14.2 Å². The molecular weight excluding hydrogens is 336 g/mol. The van der Waals surface area contributed by atoms with Crippen molar-refractivity contribution in [2.24, 2.45) is 0 Å². The minimum atomic E-state index is -0.312. The van der Waals surface area contributed by atoms with Gasteiger partial charge in [0, 0.05) is 16.0 Å². The van der Waals surface area contributed by atoms with Gasteiger partial charge in [-0.25, -0.2) is 4.79 Å². The molecule has 1 aromatic heterocycles. The monoisotopic (exact) mass is 352 g/mol. The van der Waals surface area contributed by atoms with E-state index < -0.39 is 0 Å². The molecule has 0 fully saturated rings. The molecule has 0 unspecified atom stereocenters. The summed E-state index contributed by atoms with van der Waals surface area (Å²) in [5, 5.41) is 0. The van der Waals surface area contributed by atoms with Crippen LogP contribution >= 0.6 is 11.3 Å². The third-order valence-corrected chi connectivity index (χ3v) is 5.24. The number of rotatable bonds is 4. The highest BCUT2D eigenvalue weighted by atomic mass is 32.1. The van der Waals surface area contributed by atoms with Crippen LogP contribution in [0.15, 0.2) is 54.6 Å². The number of carbonyl (C=O) groups is 1. The van der Waals surface area contributed by atoms with Crippen molar-refractivity contribution in [3.05, 3.63) is 70.6 Å². The Morgan fingerprint density at radius 2 is 1.96 bits per heavy atom. The van der Waals surface area contributed by atoms with Crippen LogP contribution in [0.2, 0.25) is 0 Å². The van der Waals surface area contributed by atoms with Crippen LogP contribution in [-0.4, -0.2) is 13.1 Å². The Morgan fingerprint density at radius 1 is 1.16 bits per heavy atom. The lowest BCUT2D eigenvalue weighted by Gasteiger charge is -2.16. The molecule has 0 bridgehead atoms. The molecule has 0 saturated carbocycles. The Morgan fingerprint density at radius 3 is 2.76 bits per heavy atom. The lowest BCUT2D eigenvalue weighted by atomic mass is 10.1. The van der Waals surface area contributed by atoms with Crippen molar-refractivity contribution in [3.8, 4) is 21.9 Å². The molecule has 0 atom stereocenters. The summed E-state index contributed by atoms with van der Waals surface area (Å²) in [6.07, 6.45) is 0. The summed E-state index contributed by atoms with van der Waals surface area (Å²) >= 11 is 1.45. The zero-order chi connectivity index (χ0) is 17.2. The molecular formula is C20H16O4S. The smallest absolute Gasteiger partial charge is 0.348 e. The summed E-state index contributed by atoms with van der Waals surface area (Å²) in [7, 11) is 1.62. The quantitative estimate of drug-likeness (QED) is 0.640. The van der Waals surface area contributed by atoms with E-state index in [9.17, 15) is 4.79 Å². The molecule has 0 amide bonds. The Kier molecular flexibility index (Phi) is 4.15. The van der Waals surface area contributed by atoms with Crippen molar-refractivity contribution in [3.63, 3.8) is 0 Å². The van der Waals surface area contributed by atoms with Gasteiger partial charge < -0.3 is 14.2 Å². The summed E-state index contributed by atoms with van der Waals surface area (Å²) in [6.45, 7) is 0.715. The van der Waals surface area contributed by atoms with E-state index in [0.717, 1.165) is 33.1 Å². The predicted molar refractivity (Wildman–Crippen MR) is 96.2 cm³/mol. The highest BCUT2D eigenvalue weighted by molar-refractivity contribution is 7.17. The fourth-order valence-corrected chi connectivity index (χ4v) is 3.83. The van der Waals surface area contributed by atoms with Crippen LogP contribution in [0, 0.1) is 0 Å². The molecule has 5 heteroatoms. The molecule has 0 saturated heterocycles. The first-order valence-corrected chi connectivity index (χ1v) is 8.71. The van der Waals surface area contributed by atoms with Crippen LogP contribution in [0.25, 0.3) is 10.4 Å². The minimum Gasteiger partial charge on any atom is -0.497 e. The molecule has 0 radical (unpaired) electrons. The standard InChI is InChI=1S/C20H16O4S/c1-22-15-8-6-13(7-9-15)11-24-20(21)18-10-14-12-23-17-5-3-2-4-16(17)19(14)25-18/h2-10H,11-12H2,1H3. The maximum Gasteiger partial charge on any atom is 0.348 e. The topological polar surface area (TPSA) is 44.8 Å². The zero-order valence-corrected chi connectivity index (χ0v) is 14.5. The Bertz CT molecular complexity index is 912. The first-order chi connectivity index (χ1) is 12.2. The molecule has 1 aliphatic rings. The van der Waals surface area contributed by atoms with Crippen molar-refractivity contribution < 1.29 is 19.0 Å². The molecule has 1 aliphatic heterocycles. The number of benzene rings is 2. The first kappa shape index (κ1) is 15.7. The van der Waals surface area contributed by atoms with Gasteiger partial charge in [-0.3, -0.25) is 0 Å². The Labute approximate surface area is 149 Å². The third kappa shape index (κ3) is 3.10. The van der Waals surface area contributed by atoms with E-state index in [1.165, 1.54) is 11.3 Å². The summed E-state index contributed by atoms with van der Waals surface area (Å²) in [4.78, 5) is 14.1. The number of fused-ring (bicyclic) bond motifs is 3. The number of esters is 1. The molecule has 2 heterocycles. The Hall–Kier alpha value is -2.79. The van der Waals surface area contributed by atoms with Gasteiger partial charge in [0.1, 0.15) is 29.6 Å². The van der Waals surface area contributed by atoms with E-state index in [0.29, 0.717) is 11.5 Å². The van der Waals surface area contributed by atoms with Crippen LogP contribution in [0.1, 0.15) is 20.8 Å². The molecule has 0 spiro atoms. The predicted octanol–water partition coefficient (Wildman–Crippen LogP) is 4.67. The van der Waals surface area contributed by atoms with Crippen molar-refractivity contribution in [2.75, 3.05) is 7.11 Å². The van der Waals surface area contributed by atoms with Gasteiger partial charge in [-0.2, -0.15) is 0 Å². The number of hydrogen-bond donors (Lipinski definition) is 0. The van der Waals surface area contributed by atoms with Gasteiger partial charge in [0.2, 0.25) is 0 Å². The van der Waals surface area contributed by atoms with Gasteiger partial charge in [0.05, 0.1) is 7.11 Å². The number of para-hydroxylation sites is 1. The lowest BCUT2D eigenvalue weighted by Crippen LogP contribution is -2.03. The summed E-state index contributed by atoms with van der Waals surface area (Å²) < 4.78 is 16.3. The van der Waals surface area contributed by atoms with Gasteiger partial charge in [0.25, 0.3) is 0 Å². The van der Waals surface area contributed by atoms with E-state index in [-0.39, 0.29) is 12.6 Å². The number of methoxy groups -OCH3 is 1. The van der Waals surface area contributed by atoms with E-state index in [2.05, 4.69) is 0 Å². The lowest BCUT2D eigenvalue weighted by molar-refractivity contribution is 0.0478. The molecule has 126 valence electrons. The second-order valence-electron chi connectivity index (χ2n) is 5.67. The highest BCUT2D eigenvalue weighted by Crippen LogP contribution is 2.42. The largest absolute Gasteiger partial charge is 0.497 e. The first-order valence-electron chi connectivity index (χ1n) is 7.89. The average molecular weight is 352 g/mol. The number of hydrogen-bond acceptors (Lipinski definition) is 5. The maximum absolute atomic E-state index is 12.4. The molecule has 25 heavy (non-hydrogen) atoms. The molecule has 2 aromatic carbocycles. The van der Waals surface area contributed by atoms with Crippen molar-refractivity contribution in [1.82, 2.24) is 0 Å². The summed E-state index contributed by atoms with van der Waals surface area (Å²) in [6, 6.07) is 17.2. The minimum absolute atomic E-state index is 0.235. The zero-order valence-electron chi connectivity index (χ0n) is 13.7. The molecule has 4 nitrogen and oxygen atoms in total. The van der Waals surface area contributed by atoms with Gasteiger partial charge in [-0.05, 0) is 35.9 Å². The van der Waals surface area contributed by atoms with Crippen molar-refractivity contribution in [1.29, 1.82) is 0 Å². The molecule has 3 aromatic rings. The maximum atomic E-state index is 12.4. The highest BCUT2D eigenvalue weighted by Gasteiger charge is 2.23. The fourth-order valence-electron chi connectivity index (χ4n) is 2.74. The van der Waals surface area contributed by atoms with Crippen molar-refractivity contribution >= 4 is 17.3 Å². The number of carbonyl (C=O) groups excluding carboxylic acids is 1. The van der Waals surface area contributed by atoms with E-state index in [1.54, 1.807) is 7.11 Å². The fraction of sp³-hybridized carbons (Fsp3) is 0.150. The van der Waals surface area contributed by atoms with Crippen LogP contribution in [0.3, 0.4) is 0 Å². The van der Waals surface area contributed by atoms with Gasteiger partial charge in [-0.1, -0.05) is 24.3 Å². The molecule has 4 rings (SSSR count). The van der Waals surface area contributed by atoms with Gasteiger partial charge in [-0.15, -0.1) is 11.3 Å². The average Bonchev–Trinajstić information content (AvgIpc) is 3.11. The van der Waals surface area contributed by atoms with Crippen LogP contribution < -0.4 is 9.47 Å². The Balaban J connectivity index is 1.49. The second-order valence-corrected chi connectivity index (χ2v) is 6.73. The normalized spacial score (nSPS) is 11.9. The van der Waals surface area contributed by atoms with Crippen molar-refractivity contribution in [2.45, 2.75) is 13.2 Å². The van der Waals surface area contributed by atoms with E-state index >= 15 is 0 Å². The van der Waals surface area contributed by atoms with Crippen LogP contribution in [-0.2, 0) is 18.0 Å². The molecule has 0 aliphatic carbocycles. The second kappa shape index (κ2) is 6.61. The summed E-state index contributed by atoms with van der Waals surface area (Å²) in [5.41, 5.74) is 2.98. The van der Waals surface area contributed by atoms with E-state index in [1.807, 2.05) is 54.6 Å². The van der Waals surface area contributed by atoms with Crippen LogP contribution in [0.4, 0.5) is 0 Å². The van der Waals surface area contributed by atoms with Gasteiger partial charge in [0.15, 0.2) is 0 Å². The van der Waals surface area contributed by atoms with Crippen LogP contribution in [0.5, 0.6) is 11.5 Å². The number of thiophene rings is 1. The SMILES string of the molecule is COc1ccc(COC(=O)c2cc3c(s2)-c2ccccc2OC3)cc1. The summed E-state index contributed by atoms with van der Waals surface area (Å²) in [5.74, 6) is 1.32. The number of ether oxygens (including phenoxy) is 3. The van der Waals surface area contributed by atoms with Gasteiger partial charge >= 0.3 is 5.97 Å².